The lowest BCUT2D eigenvalue weighted by Crippen LogP contribution is -2.51. The first-order valence-electron chi connectivity index (χ1n) is 10.7. The minimum Gasteiger partial charge on any atom is -0.493 e. The molecule has 2 rings (SSSR count). The van der Waals surface area contributed by atoms with Crippen molar-refractivity contribution in [1.82, 2.24) is 10.2 Å². The molecule has 2 unspecified atom stereocenters. The van der Waals surface area contributed by atoms with Gasteiger partial charge in [-0.1, -0.05) is 44.5 Å². The highest BCUT2D eigenvalue weighted by Gasteiger charge is 2.28. The summed E-state index contributed by atoms with van der Waals surface area (Å²) in [5, 5.41) is 2.88. The summed E-state index contributed by atoms with van der Waals surface area (Å²) in [4.78, 5) is 27.4. The molecule has 0 saturated carbocycles. The molecule has 8 heteroatoms. The number of amides is 2. The number of nitrogens with one attached hydrogen (secondary N) is 1. The Morgan fingerprint density at radius 1 is 1.09 bits per heavy atom. The van der Waals surface area contributed by atoms with E-state index >= 15 is 0 Å². The largest absolute Gasteiger partial charge is 0.493 e. The zero-order valence-electron chi connectivity index (χ0n) is 19.1. The van der Waals surface area contributed by atoms with E-state index in [1.54, 1.807) is 48.3 Å². The fourth-order valence-corrected chi connectivity index (χ4v) is 3.79. The standard InChI is InChI=1S/C24H32N2O5S/c1-5-18(2)22(25-23(27)19-11-7-6-8-12-19)24(28)26(3)15-10-16-31-20-13-9-14-21(17-20)32(4,29)30/h6-9,11-14,17-18,22H,5,10,15-16H2,1-4H3,(H,25,27). The fraction of sp³-hybridized carbons (Fsp3) is 0.417. The third-order valence-electron chi connectivity index (χ3n) is 5.32. The van der Waals surface area contributed by atoms with Gasteiger partial charge in [0.1, 0.15) is 11.8 Å². The van der Waals surface area contributed by atoms with E-state index in [0.717, 1.165) is 12.7 Å². The van der Waals surface area contributed by atoms with Crippen LogP contribution in [0.3, 0.4) is 0 Å². The monoisotopic (exact) mass is 460 g/mol. The van der Waals surface area contributed by atoms with Gasteiger partial charge in [-0.15, -0.1) is 0 Å². The summed E-state index contributed by atoms with van der Waals surface area (Å²) in [5.41, 5.74) is 0.515. The number of sulfone groups is 1. The van der Waals surface area contributed by atoms with Crippen LogP contribution in [0.4, 0.5) is 0 Å². The summed E-state index contributed by atoms with van der Waals surface area (Å²) in [7, 11) is -1.59. The van der Waals surface area contributed by atoms with E-state index in [-0.39, 0.29) is 22.6 Å². The molecule has 1 N–H and O–H groups in total. The molecule has 0 aliphatic heterocycles. The van der Waals surface area contributed by atoms with E-state index in [9.17, 15) is 18.0 Å². The van der Waals surface area contributed by atoms with Crippen LogP contribution in [0, 0.1) is 5.92 Å². The molecule has 2 amide bonds. The van der Waals surface area contributed by atoms with Crippen molar-refractivity contribution in [2.75, 3.05) is 26.5 Å². The lowest BCUT2D eigenvalue weighted by atomic mass is 9.97. The van der Waals surface area contributed by atoms with Crippen LogP contribution in [0.5, 0.6) is 5.75 Å². The van der Waals surface area contributed by atoms with Crippen LogP contribution in [0.15, 0.2) is 59.5 Å². The van der Waals surface area contributed by atoms with Gasteiger partial charge < -0.3 is 15.0 Å². The molecule has 0 heterocycles. The molecule has 2 aromatic rings. The number of rotatable bonds is 11. The van der Waals surface area contributed by atoms with Crippen molar-refractivity contribution in [3.05, 3.63) is 60.2 Å². The SMILES string of the molecule is CCC(C)C(NC(=O)c1ccccc1)C(=O)N(C)CCCOc1cccc(S(C)(=O)=O)c1. The Bertz CT molecular complexity index is 1010. The van der Waals surface area contributed by atoms with Gasteiger partial charge in [-0.05, 0) is 42.7 Å². The number of ether oxygens (including phenoxy) is 1. The molecular formula is C24H32N2O5S. The molecule has 174 valence electrons. The van der Waals surface area contributed by atoms with Crippen molar-refractivity contribution in [3.8, 4) is 5.75 Å². The van der Waals surface area contributed by atoms with Crippen LogP contribution in [0.1, 0.15) is 37.0 Å². The van der Waals surface area contributed by atoms with E-state index in [1.165, 1.54) is 12.1 Å². The maximum absolute atomic E-state index is 13.0. The molecule has 0 aromatic heterocycles. The van der Waals surface area contributed by atoms with Crippen LogP contribution < -0.4 is 10.1 Å². The number of carbonyl (C=O) groups excluding carboxylic acids is 2. The van der Waals surface area contributed by atoms with E-state index in [1.807, 2.05) is 19.9 Å². The highest BCUT2D eigenvalue weighted by Crippen LogP contribution is 2.18. The summed E-state index contributed by atoms with van der Waals surface area (Å²) in [5.74, 6) is 0.0246. The summed E-state index contributed by atoms with van der Waals surface area (Å²) < 4.78 is 29.0. The van der Waals surface area contributed by atoms with Crippen molar-refractivity contribution in [2.45, 2.75) is 37.6 Å². The zero-order valence-corrected chi connectivity index (χ0v) is 19.9. The quantitative estimate of drug-likeness (QED) is 0.520. The van der Waals surface area contributed by atoms with Gasteiger partial charge in [0.25, 0.3) is 5.91 Å². The first-order chi connectivity index (χ1) is 15.1. The first-order valence-corrected chi connectivity index (χ1v) is 12.6. The van der Waals surface area contributed by atoms with Gasteiger partial charge >= 0.3 is 0 Å². The molecule has 2 aromatic carbocycles. The molecule has 0 bridgehead atoms. The van der Waals surface area contributed by atoms with Crippen molar-refractivity contribution in [2.24, 2.45) is 5.92 Å². The Morgan fingerprint density at radius 3 is 2.41 bits per heavy atom. The van der Waals surface area contributed by atoms with Crippen LogP contribution in [-0.4, -0.2) is 57.6 Å². The molecule has 0 fully saturated rings. The molecule has 7 nitrogen and oxygen atoms in total. The van der Waals surface area contributed by atoms with Crippen molar-refractivity contribution >= 4 is 21.7 Å². The molecular weight excluding hydrogens is 428 g/mol. The summed E-state index contributed by atoms with van der Waals surface area (Å²) >= 11 is 0. The van der Waals surface area contributed by atoms with Crippen molar-refractivity contribution < 1.29 is 22.7 Å². The number of carbonyl (C=O) groups is 2. The molecule has 0 radical (unpaired) electrons. The summed E-state index contributed by atoms with van der Waals surface area (Å²) in [6, 6.07) is 14.6. The molecule has 2 atom stereocenters. The van der Waals surface area contributed by atoms with Crippen LogP contribution in [0.25, 0.3) is 0 Å². The van der Waals surface area contributed by atoms with Gasteiger partial charge in [0, 0.05) is 25.4 Å². The zero-order chi connectivity index (χ0) is 23.7. The summed E-state index contributed by atoms with van der Waals surface area (Å²) in [6.07, 6.45) is 2.46. The topological polar surface area (TPSA) is 92.8 Å². The van der Waals surface area contributed by atoms with Crippen molar-refractivity contribution in [3.63, 3.8) is 0 Å². The maximum atomic E-state index is 13.0. The normalized spacial score (nSPS) is 13.1. The minimum absolute atomic E-state index is 0.0207. The molecule has 0 spiro atoms. The molecule has 32 heavy (non-hydrogen) atoms. The Morgan fingerprint density at radius 2 is 1.78 bits per heavy atom. The molecule has 0 saturated heterocycles. The lowest BCUT2D eigenvalue weighted by Gasteiger charge is -2.28. The predicted octanol–water partition coefficient (Wildman–Crippen LogP) is 3.16. The number of nitrogens with zero attached hydrogens (tertiary/aromatic N) is 1. The van der Waals surface area contributed by atoms with Gasteiger partial charge in [0.2, 0.25) is 5.91 Å². The van der Waals surface area contributed by atoms with Crippen LogP contribution in [-0.2, 0) is 14.6 Å². The second kappa shape index (κ2) is 11.7. The molecule has 0 aliphatic carbocycles. The number of hydrogen-bond donors (Lipinski definition) is 1. The van der Waals surface area contributed by atoms with Crippen LogP contribution in [0.2, 0.25) is 0 Å². The number of benzene rings is 2. The Kier molecular flexibility index (Phi) is 9.26. The van der Waals surface area contributed by atoms with E-state index in [2.05, 4.69) is 5.32 Å². The lowest BCUT2D eigenvalue weighted by molar-refractivity contribution is -0.133. The third-order valence-corrected chi connectivity index (χ3v) is 6.43. The van der Waals surface area contributed by atoms with Gasteiger partial charge in [-0.25, -0.2) is 8.42 Å². The van der Waals surface area contributed by atoms with Gasteiger partial charge in [-0.2, -0.15) is 0 Å². The second-order valence-corrected chi connectivity index (χ2v) is 9.93. The highest BCUT2D eigenvalue weighted by molar-refractivity contribution is 7.90. The predicted molar refractivity (Wildman–Crippen MR) is 124 cm³/mol. The van der Waals surface area contributed by atoms with E-state index < -0.39 is 15.9 Å². The second-order valence-electron chi connectivity index (χ2n) is 7.91. The minimum atomic E-state index is -3.30. The third kappa shape index (κ3) is 7.37. The number of likely N-dealkylation sites (N-methyl/N-ethyl adjacent to an activating group) is 1. The Hall–Kier alpha value is -2.87. The molecule has 0 aliphatic rings. The van der Waals surface area contributed by atoms with Gasteiger partial charge in [-0.3, -0.25) is 9.59 Å². The summed E-state index contributed by atoms with van der Waals surface area (Å²) in [6.45, 7) is 4.70. The maximum Gasteiger partial charge on any atom is 0.251 e. The smallest absolute Gasteiger partial charge is 0.251 e. The Labute approximate surface area is 190 Å². The van der Waals surface area contributed by atoms with Crippen LogP contribution >= 0.6 is 0 Å². The number of hydrogen-bond acceptors (Lipinski definition) is 5. The first kappa shape index (κ1) is 25.4. The van der Waals surface area contributed by atoms with Gasteiger partial charge in [0.05, 0.1) is 11.5 Å². The highest BCUT2D eigenvalue weighted by atomic mass is 32.2. The Balaban J connectivity index is 1.91. The van der Waals surface area contributed by atoms with Gasteiger partial charge in [0.15, 0.2) is 9.84 Å². The van der Waals surface area contributed by atoms with E-state index in [4.69, 9.17) is 4.74 Å². The van der Waals surface area contributed by atoms with Crippen molar-refractivity contribution in [1.29, 1.82) is 0 Å². The fourth-order valence-electron chi connectivity index (χ4n) is 3.13. The average Bonchev–Trinajstić information content (AvgIpc) is 2.79. The average molecular weight is 461 g/mol. The van der Waals surface area contributed by atoms with E-state index in [0.29, 0.717) is 30.9 Å².